The Kier molecular flexibility index (Phi) is 3.58. The van der Waals surface area contributed by atoms with Crippen molar-refractivity contribution in [1.82, 2.24) is 11.1 Å². The normalized spacial score (nSPS) is 10.5. The number of halogens is 3. The molecule has 0 unspecified atom stereocenters. The molecular weight excluding hydrogens is 201 g/mol. The minimum Gasteiger partial charge on any atom is -0.478 e. The third-order valence-electron chi connectivity index (χ3n) is 1.31. The van der Waals surface area contributed by atoms with E-state index in [0.717, 1.165) is 6.20 Å². The first-order valence-electron chi connectivity index (χ1n) is 3.17. The topological polar surface area (TPSA) is 85.2 Å². The Morgan fingerprint density at radius 2 is 1.93 bits per heavy atom. The maximum atomic E-state index is 12.0. The quantitative estimate of drug-likeness (QED) is 0.738. The number of carboxylic acid groups (broad SMARTS) is 1. The van der Waals surface area contributed by atoms with E-state index in [0.29, 0.717) is 12.3 Å². The van der Waals surface area contributed by atoms with Crippen LogP contribution in [0.2, 0.25) is 0 Å². The number of alkyl halides is 3. The molecule has 0 aliphatic heterocycles. The van der Waals surface area contributed by atoms with Gasteiger partial charge in [0.25, 0.3) is 0 Å². The molecule has 7 heteroatoms. The third-order valence-corrected chi connectivity index (χ3v) is 1.31. The van der Waals surface area contributed by atoms with Crippen molar-refractivity contribution in [2.45, 2.75) is 6.18 Å². The van der Waals surface area contributed by atoms with Crippen molar-refractivity contribution in [3.8, 4) is 0 Å². The smallest absolute Gasteiger partial charge is 0.417 e. The van der Waals surface area contributed by atoms with Crippen molar-refractivity contribution in [2.24, 2.45) is 0 Å². The van der Waals surface area contributed by atoms with Crippen LogP contribution in [0.15, 0.2) is 18.5 Å². The number of nitrogens with zero attached hydrogens (tertiary/aromatic N) is 1. The van der Waals surface area contributed by atoms with Crippen molar-refractivity contribution in [2.75, 3.05) is 0 Å². The molecule has 0 saturated carbocycles. The van der Waals surface area contributed by atoms with Gasteiger partial charge in [-0.15, -0.1) is 0 Å². The van der Waals surface area contributed by atoms with Gasteiger partial charge in [0, 0.05) is 12.4 Å². The summed E-state index contributed by atoms with van der Waals surface area (Å²) < 4.78 is 36.0. The molecule has 4 N–H and O–H groups in total. The zero-order valence-corrected chi connectivity index (χ0v) is 6.88. The van der Waals surface area contributed by atoms with Crippen LogP contribution in [0.3, 0.4) is 0 Å². The molecular formula is C7H7F3N2O2. The van der Waals surface area contributed by atoms with Crippen LogP contribution in [0.5, 0.6) is 0 Å². The lowest BCUT2D eigenvalue weighted by atomic mass is 10.2. The maximum Gasteiger partial charge on any atom is 0.417 e. The van der Waals surface area contributed by atoms with Gasteiger partial charge in [0.15, 0.2) is 0 Å². The van der Waals surface area contributed by atoms with Gasteiger partial charge in [-0.2, -0.15) is 13.2 Å². The predicted molar refractivity (Wildman–Crippen MR) is 41.2 cm³/mol. The lowest BCUT2D eigenvalue weighted by Crippen LogP contribution is -2.08. The highest BCUT2D eigenvalue weighted by atomic mass is 19.4. The van der Waals surface area contributed by atoms with Crippen molar-refractivity contribution in [3.05, 3.63) is 29.6 Å². The lowest BCUT2D eigenvalue weighted by molar-refractivity contribution is -0.137. The van der Waals surface area contributed by atoms with Gasteiger partial charge in [0.2, 0.25) is 0 Å². The fourth-order valence-electron chi connectivity index (χ4n) is 0.712. The van der Waals surface area contributed by atoms with Gasteiger partial charge in [-0.25, -0.2) is 4.79 Å². The summed E-state index contributed by atoms with van der Waals surface area (Å²) in [6.45, 7) is 0. The fraction of sp³-hybridized carbons (Fsp3) is 0.143. The Hall–Kier alpha value is -1.63. The summed E-state index contributed by atoms with van der Waals surface area (Å²) in [5, 5.41) is 8.37. The largest absolute Gasteiger partial charge is 0.478 e. The predicted octanol–water partition coefficient (Wildman–Crippen LogP) is 1.96. The minimum atomic E-state index is -4.56. The molecule has 1 rings (SSSR count). The van der Waals surface area contributed by atoms with Crippen LogP contribution in [0.4, 0.5) is 13.2 Å². The molecule has 0 radical (unpaired) electrons. The van der Waals surface area contributed by atoms with Crippen molar-refractivity contribution >= 4 is 5.97 Å². The average Bonchev–Trinajstić information content (AvgIpc) is 2.03. The summed E-state index contributed by atoms with van der Waals surface area (Å²) >= 11 is 0. The highest BCUT2D eigenvalue weighted by molar-refractivity contribution is 5.87. The molecule has 0 aromatic carbocycles. The summed E-state index contributed by atoms with van der Waals surface area (Å²) in [5.74, 6) is -1.43. The van der Waals surface area contributed by atoms with Gasteiger partial charge in [-0.05, 0) is 6.07 Å². The fourth-order valence-corrected chi connectivity index (χ4v) is 0.712. The summed E-state index contributed by atoms with van der Waals surface area (Å²) in [6.07, 6.45) is -3.12. The van der Waals surface area contributed by atoms with E-state index in [1.807, 2.05) is 0 Å². The molecule has 0 saturated heterocycles. The third kappa shape index (κ3) is 2.70. The molecule has 0 aliphatic carbocycles. The van der Waals surface area contributed by atoms with E-state index < -0.39 is 23.3 Å². The first kappa shape index (κ1) is 12.4. The highest BCUT2D eigenvalue weighted by Gasteiger charge is 2.31. The second-order valence-corrected chi connectivity index (χ2v) is 2.27. The second-order valence-electron chi connectivity index (χ2n) is 2.27. The molecule has 1 heterocycles. The minimum absolute atomic E-state index is 0. The van der Waals surface area contributed by atoms with Gasteiger partial charge < -0.3 is 11.3 Å². The molecule has 0 spiro atoms. The summed E-state index contributed by atoms with van der Waals surface area (Å²) in [5.41, 5.74) is -1.54. The zero-order chi connectivity index (χ0) is 10.1. The summed E-state index contributed by atoms with van der Waals surface area (Å²) in [6, 6.07) is 0.537. The number of hydrogen-bond acceptors (Lipinski definition) is 3. The second kappa shape index (κ2) is 4.05. The van der Waals surface area contributed by atoms with Gasteiger partial charge in [0.1, 0.15) is 0 Å². The van der Waals surface area contributed by atoms with Crippen LogP contribution >= 0.6 is 0 Å². The number of aromatic carboxylic acids is 1. The molecule has 0 amide bonds. The number of hydrogen-bond donors (Lipinski definition) is 2. The monoisotopic (exact) mass is 208 g/mol. The van der Waals surface area contributed by atoms with Crippen LogP contribution in [0, 0.1) is 0 Å². The molecule has 0 aliphatic rings. The Balaban J connectivity index is 0.00000169. The van der Waals surface area contributed by atoms with Crippen LogP contribution in [-0.4, -0.2) is 16.1 Å². The molecule has 0 atom stereocenters. The Labute approximate surface area is 77.0 Å². The first-order valence-corrected chi connectivity index (χ1v) is 3.17. The number of rotatable bonds is 1. The Bertz CT molecular complexity index is 338. The van der Waals surface area contributed by atoms with E-state index in [1.54, 1.807) is 0 Å². The Morgan fingerprint density at radius 1 is 1.36 bits per heavy atom. The number of carbonyl (C=O) groups is 1. The van der Waals surface area contributed by atoms with Crippen LogP contribution in [0.1, 0.15) is 15.9 Å². The molecule has 14 heavy (non-hydrogen) atoms. The number of pyridine rings is 1. The summed E-state index contributed by atoms with van der Waals surface area (Å²) in [7, 11) is 0. The highest BCUT2D eigenvalue weighted by Crippen LogP contribution is 2.28. The van der Waals surface area contributed by atoms with E-state index in [2.05, 4.69) is 4.98 Å². The van der Waals surface area contributed by atoms with Gasteiger partial charge >= 0.3 is 12.1 Å². The van der Waals surface area contributed by atoms with Gasteiger partial charge in [0.05, 0.1) is 11.1 Å². The van der Waals surface area contributed by atoms with E-state index in [4.69, 9.17) is 5.11 Å². The SMILES string of the molecule is N.O=C(O)c1cncc(C(F)(F)F)c1. The molecule has 1 aromatic heterocycles. The lowest BCUT2D eigenvalue weighted by Gasteiger charge is -2.05. The standard InChI is InChI=1S/C7H4F3NO2.H3N/c8-7(9,10)5-1-4(6(12)13)2-11-3-5;/h1-3H,(H,12,13);1H3. The van der Waals surface area contributed by atoms with Crippen molar-refractivity contribution < 1.29 is 23.1 Å². The molecule has 0 fully saturated rings. The van der Waals surface area contributed by atoms with E-state index >= 15 is 0 Å². The van der Waals surface area contributed by atoms with Crippen LogP contribution in [0.25, 0.3) is 0 Å². The number of carboxylic acids is 1. The van der Waals surface area contributed by atoms with Crippen molar-refractivity contribution in [3.63, 3.8) is 0 Å². The van der Waals surface area contributed by atoms with E-state index in [1.165, 1.54) is 0 Å². The van der Waals surface area contributed by atoms with E-state index in [-0.39, 0.29) is 6.15 Å². The maximum absolute atomic E-state index is 12.0. The zero-order valence-electron chi connectivity index (χ0n) is 6.88. The average molecular weight is 208 g/mol. The summed E-state index contributed by atoms with van der Waals surface area (Å²) in [4.78, 5) is 13.4. The molecule has 0 bridgehead atoms. The molecule has 4 nitrogen and oxygen atoms in total. The van der Waals surface area contributed by atoms with Gasteiger partial charge in [-0.3, -0.25) is 4.98 Å². The van der Waals surface area contributed by atoms with Crippen LogP contribution in [-0.2, 0) is 6.18 Å². The first-order chi connectivity index (χ1) is 5.91. The Morgan fingerprint density at radius 3 is 2.36 bits per heavy atom. The van der Waals surface area contributed by atoms with Gasteiger partial charge in [-0.1, -0.05) is 0 Å². The molecule has 78 valence electrons. The van der Waals surface area contributed by atoms with Crippen LogP contribution < -0.4 is 6.15 Å². The number of aromatic nitrogens is 1. The van der Waals surface area contributed by atoms with Crippen molar-refractivity contribution in [1.29, 1.82) is 0 Å². The molecule has 1 aromatic rings. The van der Waals surface area contributed by atoms with E-state index in [9.17, 15) is 18.0 Å².